The Kier molecular flexibility index (Phi) is 4.05. The molecule has 2 N–H and O–H groups in total. The van der Waals surface area contributed by atoms with Crippen LogP contribution in [0.2, 0.25) is 0 Å². The van der Waals surface area contributed by atoms with E-state index in [1.54, 1.807) is 0 Å². The van der Waals surface area contributed by atoms with Crippen molar-refractivity contribution in [2.45, 2.75) is 57.0 Å². The number of nitrogens with two attached hydrogens (primary N) is 1. The van der Waals surface area contributed by atoms with Crippen LogP contribution < -0.4 is 5.73 Å². The van der Waals surface area contributed by atoms with Crippen LogP contribution in [0.4, 0.5) is 0 Å². The fourth-order valence-electron chi connectivity index (χ4n) is 2.94. The number of hydrogen-bond donors (Lipinski definition) is 1. The highest BCUT2D eigenvalue weighted by atomic mass is 16.5. The van der Waals surface area contributed by atoms with E-state index >= 15 is 0 Å². The van der Waals surface area contributed by atoms with Gasteiger partial charge in [0.15, 0.2) is 0 Å². The molecule has 0 aromatic rings. The van der Waals surface area contributed by atoms with Gasteiger partial charge in [-0.15, -0.1) is 0 Å². The highest BCUT2D eigenvalue weighted by Crippen LogP contribution is 2.26. The number of likely N-dealkylation sites (tertiary alicyclic amines) is 1. The molecule has 2 aliphatic rings. The molecule has 2 aliphatic heterocycles. The topological polar surface area (TPSA) is 55.6 Å². The summed E-state index contributed by atoms with van der Waals surface area (Å²) in [6, 6.07) is 0.405. The van der Waals surface area contributed by atoms with E-state index < -0.39 is 5.54 Å². The van der Waals surface area contributed by atoms with Crippen molar-refractivity contribution >= 4 is 5.91 Å². The van der Waals surface area contributed by atoms with Crippen LogP contribution in [-0.4, -0.2) is 42.1 Å². The molecule has 4 nitrogen and oxygen atoms in total. The Morgan fingerprint density at radius 1 is 1.53 bits per heavy atom. The first-order chi connectivity index (χ1) is 8.17. The van der Waals surface area contributed by atoms with Crippen molar-refractivity contribution in [3.05, 3.63) is 0 Å². The first-order valence-electron chi connectivity index (χ1n) is 6.85. The molecule has 2 saturated heterocycles. The van der Waals surface area contributed by atoms with E-state index in [0.29, 0.717) is 25.7 Å². The molecule has 98 valence electrons. The number of carbonyl (C=O) groups excluding carboxylic acids is 1. The Labute approximate surface area is 103 Å². The van der Waals surface area contributed by atoms with Crippen LogP contribution in [0.3, 0.4) is 0 Å². The van der Waals surface area contributed by atoms with E-state index in [0.717, 1.165) is 32.2 Å². The van der Waals surface area contributed by atoms with Crippen molar-refractivity contribution in [3.63, 3.8) is 0 Å². The van der Waals surface area contributed by atoms with Gasteiger partial charge in [-0.25, -0.2) is 0 Å². The molecule has 0 bridgehead atoms. The molecule has 2 unspecified atom stereocenters. The lowest BCUT2D eigenvalue weighted by atomic mass is 9.92. The molecular weight excluding hydrogens is 216 g/mol. The van der Waals surface area contributed by atoms with Gasteiger partial charge in [0.05, 0.1) is 6.61 Å². The van der Waals surface area contributed by atoms with E-state index in [2.05, 4.69) is 6.92 Å². The summed E-state index contributed by atoms with van der Waals surface area (Å²) in [7, 11) is 0. The number of rotatable bonds is 3. The molecule has 0 aromatic carbocycles. The highest BCUT2D eigenvalue weighted by molar-refractivity contribution is 5.87. The van der Waals surface area contributed by atoms with E-state index in [1.807, 2.05) is 4.90 Å². The average molecular weight is 240 g/mol. The second-order valence-electron chi connectivity index (χ2n) is 5.40. The van der Waals surface area contributed by atoms with Crippen LogP contribution >= 0.6 is 0 Å². The molecule has 1 amide bonds. The first-order valence-corrected chi connectivity index (χ1v) is 6.85. The Bertz CT molecular complexity index is 273. The van der Waals surface area contributed by atoms with Gasteiger partial charge in [0.2, 0.25) is 5.91 Å². The van der Waals surface area contributed by atoms with Gasteiger partial charge in [-0.3, -0.25) is 4.79 Å². The van der Waals surface area contributed by atoms with Gasteiger partial charge in [-0.05, 0) is 32.1 Å². The van der Waals surface area contributed by atoms with Crippen molar-refractivity contribution in [1.82, 2.24) is 4.90 Å². The number of amides is 1. The second kappa shape index (κ2) is 5.36. The van der Waals surface area contributed by atoms with Gasteiger partial charge < -0.3 is 15.4 Å². The van der Waals surface area contributed by atoms with Gasteiger partial charge in [0, 0.05) is 19.2 Å². The fraction of sp³-hybridized carbons (Fsp3) is 0.923. The van der Waals surface area contributed by atoms with Gasteiger partial charge in [-0.2, -0.15) is 0 Å². The SMILES string of the molecule is CCCC1CCCCN1C(=O)C1(N)CCOC1. The maximum absolute atomic E-state index is 12.5. The third-order valence-corrected chi connectivity index (χ3v) is 3.99. The van der Waals surface area contributed by atoms with Crippen molar-refractivity contribution in [1.29, 1.82) is 0 Å². The standard InChI is InChI=1S/C13H24N2O2/c1-2-5-11-6-3-4-8-15(11)12(16)13(14)7-9-17-10-13/h11H,2-10,14H2,1H3. The smallest absolute Gasteiger partial charge is 0.245 e. The number of nitrogens with zero attached hydrogens (tertiary/aromatic N) is 1. The van der Waals surface area contributed by atoms with Gasteiger partial charge in [-0.1, -0.05) is 13.3 Å². The Morgan fingerprint density at radius 2 is 2.35 bits per heavy atom. The molecule has 2 fully saturated rings. The number of hydrogen-bond acceptors (Lipinski definition) is 3. The summed E-state index contributed by atoms with van der Waals surface area (Å²) in [4.78, 5) is 14.6. The van der Waals surface area contributed by atoms with Crippen molar-refractivity contribution in [3.8, 4) is 0 Å². The summed E-state index contributed by atoms with van der Waals surface area (Å²) in [5, 5.41) is 0. The second-order valence-corrected chi connectivity index (χ2v) is 5.40. The predicted octanol–water partition coefficient (Wildman–Crippen LogP) is 1.29. The van der Waals surface area contributed by atoms with Crippen molar-refractivity contribution in [2.75, 3.05) is 19.8 Å². The summed E-state index contributed by atoms with van der Waals surface area (Å²) in [5.41, 5.74) is 5.43. The minimum absolute atomic E-state index is 0.119. The molecule has 0 aliphatic carbocycles. The van der Waals surface area contributed by atoms with E-state index in [9.17, 15) is 4.79 Å². The van der Waals surface area contributed by atoms with E-state index in [4.69, 9.17) is 10.5 Å². The lowest BCUT2D eigenvalue weighted by Crippen LogP contribution is -2.59. The largest absolute Gasteiger partial charge is 0.379 e. The fourth-order valence-corrected chi connectivity index (χ4v) is 2.94. The lowest BCUT2D eigenvalue weighted by molar-refractivity contribution is -0.141. The molecular formula is C13H24N2O2. The van der Waals surface area contributed by atoms with E-state index in [-0.39, 0.29) is 5.91 Å². The molecule has 2 heterocycles. The summed E-state index contributed by atoms with van der Waals surface area (Å²) in [6.45, 7) is 4.06. The minimum atomic E-state index is -0.747. The van der Waals surface area contributed by atoms with Gasteiger partial charge in [0.1, 0.15) is 5.54 Å². The van der Waals surface area contributed by atoms with Crippen molar-refractivity contribution in [2.24, 2.45) is 5.73 Å². The predicted molar refractivity (Wildman–Crippen MR) is 66.6 cm³/mol. The van der Waals surface area contributed by atoms with Crippen molar-refractivity contribution < 1.29 is 9.53 Å². The maximum Gasteiger partial charge on any atom is 0.245 e. The first kappa shape index (κ1) is 12.8. The maximum atomic E-state index is 12.5. The van der Waals surface area contributed by atoms with Crippen LogP contribution in [0.25, 0.3) is 0 Å². The summed E-state index contributed by atoms with van der Waals surface area (Å²) in [5.74, 6) is 0.119. The molecule has 2 atom stereocenters. The number of ether oxygens (including phenoxy) is 1. The molecule has 17 heavy (non-hydrogen) atoms. The molecule has 0 radical (unpaired) electrons. The average Bonchev–Trinajstić information content (AvgIpc) is 2.78. The molecule has 0 spiro atoms. The minimum Gasteiger partial charge on any atom is -0.379 e. The van der Waals surface area contributed by atoms with Crippen LogP contribution in [0.5, 0.6) is 0 Å². The van der Waals surface area contributed by atoms with Gasteiger partial charge in [0.25, 0.3) is 0 Å². The molecule has 2 rings (SSSR count). The molecule has 0 aromatic heterocycles. The zero-order valence-electron chi connectivity index (χ0n) is 10.8. The zero-order valence-corrected chi connectivity index (χ0v) is 10.8. The van der Waals surface area contributed by atoms with Crippen LogP contribution in [-0.2, 0) is 9.53 Å². The normalized spacial score (nSPS) is 34.0. The summed E-state index contributed by atoms with van der Waals surface area (Å²) in [6.07, 6.45) is 6.38. The monoisotopic (exact) mass is 240 g/mol. The Balaban J connectivity index is 2.05. The molecule has 0 saturated carbocycles. The van der Waals surface area contributed by atoms with E-state index in [1.165, 1.54) is 6.42 Å². The lowest BCUT2D eigenvalue weighted by Gasteiger charge is -2.39. The van der Waals surface area contributed by atoms with Crippen LogP contribution in [0.1, 0.15) is 45.4 Å². The number of piperidine rings is 1. The zero-order chi connectivity index (χ0) is 12.3. The summed E-state index contributed by atoms with van der Waals surface area (Å²) < 4.78 is 5.29. The van der Waals surface area contributed by atoms with Crippen LogP contribution in [0, 0.1) is 0 Å². The summed E-state index contributed by atoms with van der Waals surface area (Å²) >= 11 is 0. The van der Waals surface area contributed by atoms with Gasteiger partial charge >= 0.3 is 0 Å². The third-order valence-electron chi connectivity index (χ3n) is 3.99. The third kappa shape index (κ3) is 2.63. The van der Waals surface area contributed by atoms with Crippen LogP contribution in [0.15, 0.2) is 0 Å². The Morgan fingerprint density at radius 3 is 3.00 bits per heavy atom. The Hall–Kier alpha value is -0.610. The number of carbonyl (C=O) groups is 1. The highest BCUT2D eigenvalue weighted by Gasteiger charge is 2.43. The quantitative estimate of drug-likeness (QED) is 0.808. The molecule has 4 heteroatoms.